The molecule has 0 aliphatic carbocycles. The quantitative estimate of drug-likeness (QED) is 0.168. The summed E-state index contributed by atoms with van der Waals surface area (Å²) in [7, 11) is -1.38. The molecule has 4 heteroatoms. The zero-order chi connectivity index (χ0) is 14.2. The molecule has 2 radical (unpaired) electrons. The number of hydrogen-bond acceptors (Lipinski definition) is 2. The van der Waals surface area contributed by atoms with Crippen molar-refractivity contribution in [2.75, 3.05) is 12.8 Å². The predicted octanol–water partition coefficient (Wildman–Crippen LogP) is 5.55. The van der Waals surface area contributed by atoms with E-state index >= 15 is 0 Å². The third kappa shape index (κ3) is 19.0. The van der Waals surface area contributed by atoms with Crippen LogP contribution in [0.15, 0.2) is 0 Å². The molecule has 0 fully saturated rings. The van der Waals surface area contributed by atoms with Crippen LogP contribution in [-0.2, 0) is 9.09 Å². The third-order valence-corrected chi connectivity index (χ3v) is 4.58. The summed E-state index contributed by atoms with van der Waals surface area (Å²) in [6, 6.07) is 0. The Hall–Kier alpha value is 0.982. The Morgan fingerprint density at radius 2 is 1.15 bits per heavy atom. The molecule has 0 saturated carbocycles. The summed E-state index contributed by atoms with van der Waals surface area (Å²) in [5.41, 5.74) is 0. The van der Waals surface area contributed by atoms with Crippen LogP contribution in [0.5, 0.6) is 0 Å². The Labute approximate surface area is 147 Å². The fourth-order valence-corrected chi connectivity index (χ4v) is 3.08. The molecule has 0 aliphatic rings. The third-order valence-electron chi connectivity index (χ3n) is 3.43. The standard InChI is InChI=1S/C16H34O2P.Pb.2H/c1-3-5-7-9-11-13-15-18-19(17)16-14-12-10-8-6-4-2;;;/h3-16H2,1-2H3;;;/q+1;;;. The second kappa shape index (κ2) is 20.0. The Morgan fingerprint density at radius 1 is 0.700 bits per heavy atom. The summed E-state index contributed by atoms with van der Waals surface area (Å²) < 4.78 is 17.0. The monoisotopic (exact) mass is 499 g/mol. The Bertz CT molecular complexity index is 201. The van der Waals surface area contributed by atoms with Gasteiger partial charge in [-0.15, -0.1) is 4.52 Å². The van der Waals surface area contributed by atoms with E-state index in [1.54, 1.807) is 0 Å². The Morgan fingerprint density at radius 3 is 1.70 bits per heavy atom. The van der Waals surface area contributed by atoms with Crippen LogP contribution in [0.3, 0.4) is 0 Å². The summed E-state index contributed by atoms with van der Waals surface area (Å²) in [6.45, 7) is 5.15. The van der Waals surface area contributed by atoms with Crippen molar-refractivity contribution in [2.45, 2.75) is 90.9 Å². The van der Waals surface area contributed by atoms with E-state index in [0.717, 1.165) is 19.0 Å². The van der Waals surface area contributed by atoms with E-state index < -0.39 is 8.03 Å². The molecule has 0 saturated heterocycles. The molecule has 0 aromatic heterocycles. The van der Waals surface area contributed by atoms with E-state index in [4.69, 9.17) is 4.52 Å². The molecule has 0 bridgehead atoms. The van der Waals surface area contributed by atoms with Gasteiger partial charge in [0.15, 0.2) is 6.16 Å². The minimum absolute atomic E-state index is 0. The summed E-state index contributed by atoms with van der Waals surface area (Å²) in [5, 5.41) is 0. The van der Waals surface area contributed by atoms with Crippen LogP contribution < -0.4 is 0 Å². The SMILES string of the molecule is CCCCCCCCO[P+](=O)CCCCCCCC.[PbH2]. The average molecular weight is 499 g/mol. The maximum absolute atomic E-state index is 11.6. The van der Waals surface area contributed by atoms with Gasteiger partial charge in [-0.2, -0.15) is 0 Å². The first-order valence-electron chi connectivity index (χ1n) is 8.38. The zero-order valence-electron chi connectivity index (χ0n) is 13.9. The van der Waals surface area contributed by atoms with Crippen molar-refractivity contribution in [3.8, 4) is 0 Å². The van der Waals surface area contributed by atoms with Crippen LogP contribution in [0, 0.1) is 0 Å². The van der Waals surface area contributed by atoms with Gasteiger partial charge in [-0.25, -0.2) is 0 Å². The van der Waals surface area contributed by atoms with E-state index in [0.29, 0.717) is 6.61 Å². The normalized spacial score (nSPS) is 11.2. The van der Waals surface area contributed by atoms with Gasteiger partial charge in [-0.3, -0.25) is 0 Å². The molecule has 0 aromatic rings. The van der Waals surface area contributed by atoms with E-state index in [9.17, 15) is 4.57 Å². The van der Waals surface area contributed by atoms with Crippen LogP contribution >= 0.6 is 8.03 Å². The van der Waals surface area contributed by atoms with Crippen molar-refractivity contribution in [1.29, 1.82) is 0 Å². The number of unbranched alkanes of at least 4 members (excludes halogenated alkanes) is 10. The van der Waals surface area contributed by atoms with Crippen LogP contribution in [0.4, 0.5) is 0 Å². The molecule has 20 heavy (non-hydrogen) atoms. The van der Waals surface area contributed by atoms with Gasteiger partial charge in [0.25, 0.3) is 0 Å². The molecule has 0 rings (SSSR count). The molecular formula is C16H36O2PPb+. The van der Waals surface area contributed by atoms with E-state index in [1.807, 2.05) is 0 Å². The molecule has 1 atom stereocenters. The van der Waals surface area contributed by atoms with Crippen molar-refractivity contribution in [3.63, 3.8) is 0 Å². The molecule has 120 valence electrons. The van der Waals surface area contributed by atoms with Crippen molar-refractivity contribution in [2.24, 2.45) is 0 Å². The van der Waals surface area contributed by atoms with Crippen LogP contribution in [0.25, 0.3) is 0 Å². The number of rotatable bonds is 15. The first-order chi connectivity index (χ1) is 9.31. The Balaban J connectivity index is 0. The molecule has 0 aliphatic heterocycles. The minimum atomic E-state index is -1.38. The zero-order valence-corrected chi connectivity index (χ0v) is 20.3. The van der Waals surface area contributed by atoms with Gasteiger partial charge in [0.1, 0.15) is 6.61 Å². The second-order valence-corrected chi connectivity index (χ2v) is 6.80. The Kier molecular flexibility index (Phi) is 23.2. The molecule has 0 amide bonds. The maximum atomic E-state index is 11.6. The van der Waals surface area contributed by atoms with Crippen LogP contribution in [0.1, 0.15) is 90.9 Å². The van der Waals surface area contributed by atoms with Gasteiger partial charge in [-0.1, -0.05) is 71.6 Å². The van der Waals surface area contributed by atoms with E-state index in [-0.39, 0.29) is 27.3 Å². The van der Waals surface area contributed by atoms with Gasteiger partial charge in [-0.05, 0) is 23.8 Å². The first kappa shape index (κ1) is 23.3. The van der Waals surface area contributed by atoms with E-state index in [1.165, 1.54) is 64.2 Å². The summed E-state index contributed by atoms with van der Waals surface area (Å²) in [4.78, 5) is 0. The van der Waals surface area contributed by atoms with Gasteiger partial charge in [0.2, 0.25) is 0 Å². The van der Waals surface area contributed by atoms with Crippen molar-refractivity contribution in [3.05, 3.63) is 0 Å². The second-order valence-electron chi connectivity index (χ2n) is 5.43. The first-order valence-corrected chi connectivity index (χ1v) is 9.75. The fourth-order valence-electron chi connectivity index (χ4n) is 2.13. The van der Waals surface area contributed by atoms with Gasteiger partial charge in [0, 0.05) is 0 Å². The van der Waals surface area contributed by atoms with Crippen LogP contribution in [-0.4, -0.2) is 40.1 Å². The molecule has 2 nitrogen and oxygen atoms in total. The van der Waals surface area contributed by atoms with Crippen molar-refractivity contribution in [1.82, 2.24) is 0 Å². The molecule has 0 aromatic carbocycles. The van der Waals surface area contributed by atoms with Gasteiger partial charge in [0.05, 0.1) is 0 Å². The fraction of sp³-hybridized carbons (Fsp3) is 1.00. The number of hydrogen-bond donors (Lipinski definition) is 0. The molecular weight excluding hydrogens is 462 g/mol. The van der Waals surface area contributed by atoms with Gasteiger partial charge >= 0.3 is 35.3 Å². The summed E-state index contributed by atoms with van der Waals surface area (Å²) in [5.74, 6) is 0. The summed E-state index contributed by atoms with van der Waals surface area (Å²) >= 11 is 0. The molecule has 0 N–H and O–H groups in total. The van der Waals surface area contributed by atoms with E-state index in [2.05, 4.69) is 13.8 Å². The molecule has 0 spiro atoms. The topological polar surface area (TPSA) is 26.3 Å². The molecule has 1 unspecified atom stereocenters. The van der Waals surface area contributed by atoms with Crippen molar-refractivity contribution >= 4 is 35.3 Å². The predicted molar refractivity (Wildman–Crippen MR) is 93.7 cm³/mol. The van der Waals surface area contributed by atoms with Gasteiger partial charge < -0.3 is 0 Å². The summed E-state index contributed by atoms with van der Waals surface area (Å²) in [6.07, 6.45) is 15.8. The molecule has 0 heterocycles. The van der Waals surface area contributed by atoms with Crippen molar-refractivity contribution < 1.29 is 9.09 Å². The van der Waals surface area contributed by atoms with Crippen LogP contribution in [0.2, 0.25) is 0 Å². The average Bonchev–Trinajstić information content (AvgIpc) is 2.41.